The number of furan rings is 1. The fraction of sp³-hybridized carbons (Fsp3) is 0. The Kier molecular flexibility index (Phi) is 5.64. The van der Waals surface area contributed by atoms with Crippen LogP contribution in [-0.4, -0.2) is 24.1 Å². The Morgan fingerprint density at radius 2 is 0.877 bits per heavy atom. The first-order chi connectivity index (χ1) is 30.7. The molecule has 0 radical (unpaired) electrons. The average molecular weight is 736 g/mol. The normalized spacial score (nSPS) is 13.3. The molecular formula is C51H31N5O. The molecule has 0 saturated carbocycles. The van der Waals surface area contributed by atoms with E-state index in [0.29, 0.717) is 77.9 Å². The van der Waals surface area contributed by atoms with Crippen LogP contribution in [0.3, 0.4) is 0 Å². The molecular weight excluding hydrogens is 699 g/mol. The summed E-state index contributed by atoms with van der Waals surface area (Å²) in [5, 5.41) is 3.46. The molecule has 6 nitrogen and oxygen atoms in total. The van der Waals surface area contributed by atoms with Gasteiger partial charge in [0, 0.05) is 60.4 Å². The van der Waals surface area contributed by atoms with Gasteiger partial charge in [0.2, 0.25) is 0 Å². The molecule has 0 bridgehead atoms. The molecule has 8 aromatic carbocycles. The third-order valence-electron chi connectivity index (χ3n) is 10.7. The van der Waals surface area contributed by atoms with Gasteiger partial charge in [-0.2, -0.15) is 0 Å². The van der Waals surface area contributed by atoms with Gasteiger partial charge in [-0.3, -0.25) is 0 Å². The molecule has 12 aromatic rings. The maximum Gasteiger partial charge on any atom is 0.164 e. The highest BCUT2D eigenvalue weighted by Gasteiger charge is 2.22. The summed E-state index contributed by atoms with van der Waals surface area (Å²) in [6.45, 7) is 0. The monoisotopic (exact) mass is 735 g/mol. The van der Waals surface area contributed by atoms with Gasteiger partial charge in [-0.05, 0) is 60.6 Å². The van der Waals surface area contributed by atoms with E-state index in [1.165, 1.54) is 12.1 Å². The van der Waals surface area contributed by atoms with Gasteiger partial charge in [-0.25, -0.2) is 15.0 Å². The summed E-state index contributed by atoms with van der Waals surface area (Å²) in [6, 6.07) is 47.5. The Balaban J connectivity index is 1.16. The first kappa shape index (κ1) is 26.1. The second-order valence-corrected chi connectivity index (χ2v) is 14.0. The largest absolute Gasteiger partial charge is 0.456 e. The van der Waals surface area contributed by atoms with Crippen LogP contribution >= 0.6 is 0 Å². The second-order valence-electron chi connectivity index (χ2n) is 14.0. The van der Waals surface area contributed by atoms with E-state index in [2.05, 4.69) is 0 Å². The summed E-state index contributed by atoms with van der Waals surface area (Å²) >= 11 is 0. The third-order valence-corrected chi connectivity index (χ3v) is 10.7. The maximum atomic E-state index is 9.57. The first-order valence-corrected chi connectivity index (χ1v) is 18.6. The highest BCUT2D eigenvalue weighted by Crippen LogP contribution is 2.42. The number of benzene rings is 8. The fourth-order valence-corrected chi connectivity index (χ4v) is 8.12. The molecule has 0 saturated heterocycles. The summed E-state index contributed by atoms with van der Waals surface area (Å²) < 4.78 is 65.2. The lowest BCUT2D eigenvalue weighted by Gasteiger charge is -2.12. The second kappa shape index (κ2) is 12.3. The zero-order chi connectivity index (χ0) is 42.7. The summed E-state index contributed by atoms with van der Waals surface area (Å²) in [4.78, 5) is 14.8. The predicted molar refractivity (Wildman–Crippen MR) is 232 cm³/mol. The molecule has 0 aliphatic rings. The predicted octanol–water partition coefficient (Wildman–Crippen LogP) is 13.0. The molecule has 0 unspecified atom stereocenters. The number of rotatable bonds is 5. The van der Waals surface area contributed by atoms with Gasteiger partial charge in [-0.1, -0.05) is 127 Å². The van der Waals surface area contributed by atoms with Crippen LogP contribution < -0.4 is 0 Å². The van der Waals surface area contributed by atoms with Gasteiger partial charge in [0.1, 0.15) is 11.2 Å². The Morgan fingerprint density at radius 3 is 1.46 bits per heavy atom. The van der Waals surface area contributed by atoms with Crippen LogP contribution in [0.5, 0.6) is 0 Å². The van der Waals surface area contributed by atoms with Crippen LogP contribution in [0.1, 0.15) is 8.22 Å². The SMILES string of the molecule is [2H]c1cc([2H])c2c(c1)c1c([2H])c([2H])c3c4cc([2H])cc([2H])c4n(-c4ccc5oc6ccc(-c7nc(-c8ccccc8)nc(-c8ccccc8)n7)cc6c5c4)c3c1n2-c1ccccc1. The minimum absolute atomic E-state index is 0.0591. The minimum Gasteiger partial charge on any atom is -0.456 e. The molecule has 4 aromatic heterocycles. The summed E-state index contributed by atoms with van der Waals surface area (Å²) in [5.41, 5.74) is 7.26. The zero-order valence-corrected chi connectivity index (χ0v) is 30.1. The molecule has 0 fully saturated rings. The number of aromatic nitrogens is 5. The van der Waals surface area contributed by atoms with Crippen LogP contribution in [-0.2, 0) is 0 Å². The van der Waals surface area contributed by atoms with Crippen molar-refractivity contribution >= 4 is 65.6 Å². The van der Waals surface area contributed by atoms with E-state index in [4.69, 9.17) is 23.5 Å². The van der Waals surface area contributed by atoms with E-state index in [0.717, 1.165) is 33.2 Å². The van der Waals surface area contributed by atoms with Gasteiger partial charge in [0.15, 0.2) is 17.5 Å². The molecule has 4 heterocycles. The lowest BCUT2D eigenvalue weighted by atomic mass is 10.1. The van der Waals surface area contributed by atoms with Crippen LogP contribution in [0.15, 0.2) is 192 Å². The minimum atomic E-state index is -0.0677. The Labute approximate surface area is 335 Å². The van der Waals surface area contributed by atoms with Crippen LogP contribution in [0.25, 0.3) is 111 Å². The zero-order valence-electron chi connectivity index (χ0n) is 36.1. The average Bonchev–Trinajstić information content (AvgIpc) is 3.96. The smallest absolute Gasteiger partial charge is 0.164 e. The third kappa shape index (κ3) is 4.87. The van der Waals surface area contributed by atoms with Gasteiger partial charge >= 0.3 is 0 Å². The van der Waals surface area contributed by atoms with E-state index < -0.39 is 0 Å². The van der Waals surface area contributed by atoms with Gasteiger partial charge in [-0.15, -0.1) is 0 Å². The summed E-state index contributed by atoms with van der Waals surface area (Å²) in [5.74, 6) is 1.60. The van der Waals surface area contributed by atoms with E-state index in [-0.39, 0.29) is 36.3 Å². The molecule has 6 heteroatoms. The van der Waals surface area contributed by atoms with Crippen LogP contribution in [0.4, 0.5) is 0 Å². The number of fused-ring (bicyclic) bond motifs is 10. The highest BCUT2D eigenvalue weighted by atomic mass is 16.3. The number of nitrogens with zero attached hydrogens (tertiary/aromatic N) is 5. The molecule has 0 N–H and O–H groups in total. The summed E-state index contributed by atoms with van der Waals surface area (Å²) in [7, 11) is 0. The standard InChI is InChI=1S/C51H31N5O/c1-4-14-32(15-5-1)49-52-50(33-16-6-2-7-17-33)54-51(53-49)34-24-28-45-41(30-34)42-31-36(25-29-46(42)57-45)56-44-23-13-11-21-38(44)40-27-26-39-37-20-10-12-22-43(37)55(47(39)48(40)56)35-18-8-3-9-19-35/h1-31H/i10D,11D,22D,23D,26D,27D. The van der Waals surface area contributed by atoms with Crippen molar-refractivity contribution in [1.29, 1.82) is 0 Å². The number of para-hydroxylation sites is 3. The quantitative estimate of drug-likeness (QED) is 0.177. The van der Waals surface area contributed by atoms with Crippen molar-refractivity contribution in [2.45, 2.75) is 0 Å². The van der Waals surface area contributed by atoms with E-state index in [9.17, 15) is 4.11 Å². The van der Waals surface area contributed by atoms with Crippen molar-refractivity contribution in [1.82, 2.24) is 24.1 Å². The number of hydrogen-bond acceptors (Lipinski definition) is 4. The van der Waals surface area contributed by atoms with Crippen molar-refractivity contribution in [3.63, 3.8) is 0 Å². The van der Waals surface area contributed by atoms with E-state index in [1.807, 2.05) is 137 Å². The Bertz CT molecular complexity index is 3810. The molecule has 0 aliphatic carbocycles. The van der Waals surface area contributed by atoms with E-state index >= 15 is 0 Å². The van der Waals surface area contributed by atoms with Crippen molar-refractivity contribution in [3.8, 4) is 45.5 Å². The van der Waals surface area contributed by atoms with Gasteiger partial charge in [0.05, 0.1) is 30.3 Å². The van der Waals surface area contributed by atoms with Crippen LogP contribution in [0, 0.1) is 0 Å². The molecule has 12 rings (SSSR count). The molecule has 266 valence electrons. The van der Waals surface area contributed by atoms with Crippen molar-refractivity contribution < 1.29 is 12.6 Å². The molecule has 0 spiro atoms. The summed E-state index contributed by atoms with van der Waals surface area (Å²) in [6.07, 6.45) is 0. The van der Waals surface area contributed by atoms with Gasteiger partial charge < -0.3 is 13.6 Å². The van der Waals surface area contributed by atoms with E-state index in [1.54, 1.807) is 12.1 Å². The lowest BCUT2D eigenvalue weighted by Crippen LogP contribution is -2.00. The molecule has 0 aliphatic heterocycles. The highest BCUT2D eigenvalue weighted by molar-refractivity contribution is 6.24. The molecule has 0 amide bonds. The Hall–Kier alpha value is -7.83. The lowest BCUT2D eigenvalue weighted by molar-refractivity contribution is 0.669. The number of hydrogen-bond donors (Lipinski definition) is 0. The molecule has 0 atom stereocenters. The van der Waals surface area contributed by atoms with Crippen molar-refractivity contribution in [3.05, 3.63) is 188 Å². The maximum absolute atomic E-state index is 9.57. The topological polar surface area (TPSA) is 61.7 Å². The van der Waals surface area contributed by atoms with Crippen molar-refractivity contribution in [2.75, 3.05) is 0 Å². The van der Waals surface area contributed by atoms with Crippen LogP contribution in [0.2, 0.25) is 0 Å². The first-order valence-electron chi connectivity index (χ1n) is 21.6. The Morgan fingerprint density at radius 1 is 0.386 bits per heavy atom. The molecule has 57 heavy (non-hydrogen) atoms. The van der Waals surface area contributed by atoms with Crippen molar-refractivity contribution in [2.24, 2.45) is 0 Å². The van der Waals surface area contributed by atoms with Gasteiger partial charge in [0.25, 0.3) is 0 Å². The fourth-order valence-electron chi connectivity index (χ4n) is 8.12.